The van der Waals surface area contributed by atoms with Gasteiger partial charge < -0.3 is 0 Å². The maximum Gasteiger partial charge on any atom is 0.146 e. The Hall–Kier alpha value is -1.83. The molecule has 0 fully saturated rings. The number of hydrogen-bond acceptors (Lipinski definition) is 7. The van der Waals surface area contributed by atoms with Gasteiger partial charge in [0.05, 0.1) is 20.3 Å². The lowest BCUT2D eigenvalue weighted by Crippen LogP contribution is -1.92. The van der Waals surface area contributed by atoms with Crippen LogP contribution in [0.2, 0.25) is 0 Å². The van der Waals surface area contributed by atoms with Crippen molar-refractivity contribution in [3.8, 4) is 10.6 Å². The zero-order valence-corrected chi connectivity index (χ0v) is 14.7. The molecule has 4 rings (SSSR count). The van der Waals surface area contributed by atoms with E-state index in [0.29, 0.717) is 0 Å². The molecule has 7 heteroatoms. The van der Waals surface area contributed by atoms with Gasteiger partial charge in [0.1, 0.15) is 16.2 Å². The van der Waals surface area contributed by atoms with Gasteiger partial charge in [-0.1, -0.05) is 23.9 Å². The molecule has 0 amide bonds. The lowest BCUT2D eigenvalue weighted by molar-refractivity contribution is 0.956. The van der Waals surface area contributed by atoms with Gasteiger partial charge >= 0.3 is 0 Å². The summed E-state index contributed by atoms with van der Waals surface area (Å²) >= 11 is 4.99. The molecule has 0 bridgehead atoms. The normalized spacial score (nSPS) is 11.2. The highest BCUT2D eigenvalue weighted by atomic mass is 32.2. The van der Waals surface area contributed by atoms with Crippen LogP contribution in [-0.4, -0.2) is 20.2 Å². The van der Waals surface area contributed by atoms with Crippen molar-refractivity contribution in [2.75, 3.05) is 0 Å². The van der Waals surface area contributed by atoms with Crippen LogP contribution >= 0.6 is 34.4 Å². The van der Waals surface area contributed by atoms with Gasteiger partial charge in [-0.05, 0) is 30.5 Å². The van der Waals surface area contributed by atoms with E-state index >= 15 is 0 Å². The van der Waals surface area contributed by atoms with Gasteiger partial charge in [-0.2, -0.15) is 0 Å². The minimum atomic E-state index is 0.763. The molecular weight excluding hydrogens is 344 g/mol. The van der Waals surface area contributed by atoms with Gasteiger partial charge in [0, 0.05) is 11.9 Å². The summed E-state index contributed by atoms with van der Waals surface area (Å²) in [7, 11) is 0. The molecule has 0 spiro atoms. The highest BCUT2D eigenvalue weighted by molar-refractivity contribution is 7.98. The fourth-order valence-corrected chi connectivity index (χ4v) is 4.82. The molecule has 0 aromatic carbocycles. The van der Waals surface area contributed by atoms with Gasteiger partial charge in [0.25, 0.3) is 0 Å². The highest BCUT2D eigenvalue weighted by Crippen LogP contribution is 2.37. The van der Waals surface area contributed by atoms with Crippen LogP contribution in [0.15, 0.2) is 46.9 Å². The summed E-state index contributed by atoms with van der Waals surface area (Å²) in [5.74, 6) is 0.763. The predicted octanol–water partition coefficient (Wildman–Crippen LogP) is 4.81. The Labute approximate surface area is 145 Å². The molecule has 0 N–H and O–H groups in total. The van der Waals surface area contributed by atoms with Crippen molar-refractivity contribution in [2.24, 2.45) is 0 Å². The number of aryl methyl sites for hydroxylation is 1. The van der Waals surface area contributed by atoms with Crippen LogP contribution in [0.25, 0.3) is 20.8 Å². The Morgan fingerprint density at radius 2 is 2.09 bits per heavy atom. The zero-order chi connectivity index (χ0) is 15.6. The summed E-state index contributed by atoms with van der Waals surface area (Å²) in [4.78, 5) is 10.2. The molecule has 4 aromatic rings. The number of thioether (sulfide) groups is 1. The average molecular weight is 357 g/mol. The Balaban J connectivity index is 1.72. The third-order valence-corrected chi connectivity index (χ3v) is 6.07. The van der Waals surface area contributed by atoms with E-state index in [9.17, 15) is 0 Å². The Kier molecular flexibility index (Phi) is 4.07. The summed E-state index contributed by atoms with van der Waals surface area (Å²) < 4.78 is 1.11. The largest absolute Gasteiger partial charge is 0.260 e. The second kappa shape index (κ2) is 6.35. The number of fused-ring (bicyclic) bond motifs is 1. The second-order valence-electron chi connectivity index (χ2n) is 4.85. The van der Waals surface area contributed by atoms with Crippen LogP contribution in [0.5, 0.6) is 0 Å². The molecule has 114 valence electrons. The maximum absolute atomic E-state index is 4.68. The van der Waals surface area contributed by atoms with Crippen molar-refractivity contribution < 1.29 is 0 Å². The Morgan fingerprint density at radius 3 is 2.87 bits per heavy atom. The first-order valence-electron chi connectivity index (χ1n) is 7.01. The monoisotopic (exact) mass is 356 g/mol. The van der Waals surface area contributed by atoms with Crippen molar-refractivity contribution in [1.29, 1.82) is 0 Å². The van der Waals surface area contributed by atoms with Gasteiger partial charge in [-0.15, -0.1) is 32.9 Å². The molecule has 23 heavy (non-hydrogen) atoms. The molecule has 0 atom stereocenters. The highest BCUT2D eigenvalue weighted by Gasteiger charge is 2.16. The molecule has 0 saturated carbocycles. The first-order chi connectivity index (χ1) is 11.3. The average Bonchev–Trinajstić information content (AvgIpc) is 3.22. The summed E-state index contributed by atoms with van der Waals surface area (Å²) in [5, 5.41) is 12.9. The first kappa shape index (κ1) is 14.7. The first-order valence-corrected chi connectivity index (χ1v) is 9.70. The van der Waals surface area contributed by atoms with Crippen molar-refractivity contribution in [3.63, 3.8) is 0 Å². The molecular formula is C16H12N4S3. The maximum atomic E-state index is 4.68. The van der Waals surface area contributed by atoms with Crippen molar-refractivity contribution >= 4 is 44.7 Å². The summed E-state index contributed by atoms with van der Waals surface area (Å²) in [6, 6.07) is 10.0. The molecule has 0 aliphatic rings. The number of thiazole rings is 1. The fraction of sp³-hybridized carbons (Fsp3) is 0.125. The van der Waals surface area contributed by atoms with Crippen LogP contribution in [0.1, 0.15) is 10.7 Å². The molecule has 0 unspecified atom stereocenters. The number of nitrogens with zero attached hydrogens (tertiary/aromatic N) is 4. The minimum absolute atomic E-state index is 0.763. The summed E-state index contributed by atoms with van der Waals surface area (Å²) in [5.41, 5.74) is 2.91. The van der Waals surface area contributed by atoms with Crippen molar-refractivity contribution in [2.45, 2.75) is 17.7 Å². The number of rotatable bonds is 4. The SMILES string of the molecule is Cc1nc2c(SCc3ccccn3)nnc(-c3cccs3)c2s1. The Bertz CT molecular complexity index is 933. The lowest BCUT2D eigenvalue weighted by Gasteiger charge is -2.03. The lowest BCUT2D eigenvalue weighted by atomic mass is 10.3. The van der Waals surface area contributed by atoms with Crippen LogP contribution in [0.4, 0.5) is 0 Å². The smallest absolute Gasteiger partial charge is 0.146 e. The van der Waals surface area contributed by atoms with Crippen LogP contribution in [0, 0.1) is 6.92 Å². The quantitative estimate of drug-likeness (QED) is 0.491. The van der Waals surface area contributed by atoms with E-state index in [1.54, 1.807) is 34.4 Å². The number of aromatic nitrogens is 4. The van der Waals surface area contributed by atoms with E-state index in [4.69, 9.17) is 0 Å². The van der Waals surface area contributed by atoms with Crippen molar-refractivity contribution in [3.05, 3.63) is 52.6 Å². The van der Waals surface area contributed by atoms with Gasteiger partial charge in [-0.3, -0.25) is 4.98 Å². The molecule has 4 aromatic heterocycles. The number of thiophene rings is 1. The topological polar surface area (TPSA) is 51.6 Å². The van der Waals surface area contributed by atoms with E-state index in [1.165, 1.54) is 0 Å². The Morgan fingerprint density at radius 1 is 1.13 bits per heavy atom. The number of hydrogen-bond donors (Lipinski definition) is 0. The fourth-order valence-electron chi connectivity index (χ4n) is 2.22. The summed E-state index contributed by atoms with van der Waals surface area (Å²) in [6.07, 6.45) is 1.81. The van der Waals surface area contributed by atoms with E-state index in [1.807, 2.05) is 37.4 Å². The third kappa shape index (κ3) is 2.99. The minimum Gasteiger partial charge on any atom is -0.260 e. The standard InChI is InChI=1S/C16H12N4S3/c1-10-18-14-15(23-10)13(12-6-4-8-21-12)19-20-16(14)22-9-11-5-2-3-7-17-11/h2-8H,9H2,1H3. The molecule has 0 aliphatic carbocycles. The van der Waals surface area contributed by atoms with Crippen molar-refractivity contribution in [1.82, 2.24) is 20.2 Å². The molecule has 0 radical (unpaired) electrons. The molecule has 0 aliphatic heterocycles. The van der Waals surface area contributed by atoms with E-state index in [0.717, 1.165) is 42.3 Å². The van der Waals surface area contributed by atoms with Gasteiger partial charge in [-0.25, -0.2) is 4.98 Å². The molecule has 4 nitrogen and oxygen atoms in total. The second-order valence-corrected chi connectivity index (χ2v) is 7.97. The third-order valence-electron chi connectivity index (χ3n) is 3.23. The van der Waals surface area contributed by atoms with Crippen LogP contribution in [-0.2, 0) is 5.75 Å². The van der Waals surface area contributed by atoms with Crippen LogP contribution in [0.3, 0.4) is 0 Å². The van der Waals surface area contributed by atoms with Crippen LogP contribution < -0.4 is 0 Å². The van der Waals surface area contributed by atoms with E-state index in [2.05, 4.69) is 31.6 Å². The molecule has 0 saturated heterocycles. The number of pyridine rings is 1. The van der Waals surface area contributed by atoms with E-state index < -0.39 is 0 Å². The molecule has 4 heterocycles. The predicted molar refractivity (Wildman–Crippen MR) is 97.1 cm³/mol. The van der Waals surface area contributed by atoms with E-state index in [-0.39, 0.29) is 0 Å². The summed E-state index contributed by atoms with van der Waals surface area (Å²) in [6.45, 7) is 2.02. The van der Waals surface area contributed by atoms with Gasteiger partial charge in [0.2, 0.25) is 0 Å². The van der Waals surface area contributed by atoms with Gasteiger partial charge in [0.15, 0.2) is 0 Å². The zero-order valence-electron chi connectivity index (χ0n) is 12.3.